The maximum absolute atomic E-state index is 4.24. The fourth-order valence-electron chi connectivity index (χ4n) is 2.29. The van der Waals surface area contributed by atoms with Gasteiger partial charge in [-0.2, -0.15) is 0 Å². The standard InChI is InChI=1S/C16H16N4/c1-13(15-7-3-2-4-8-15)20-12-18-19-16(20)10-14-6-5-9-17-11-14/h2-9,11-13H,10H2,1H3/t13-/m1/s1. The summed E-state index contributed by atoms with van der Waals surface area (Å²) in [7, 11) is 0. The lowest BCUT2D eigenvalue weighted by Gasteiger charge is -2.15. The molecular weight excluding hydrogens is 248 g/mol. The molecule has 0 saturated heterocycles. The van der Waals surface area contributed by atoms with Gasteiger partial charge < -0.3 is 4.57 Å². The highest BCUT2D eigenvalue weighted by Crippen LogP contribution is 2.19. The van der Waals surface area contributed by atoms with Crippen molar-refractivity contribution < 1.29 is 0 Å². The van der Waals surface area contributed by atoms with Crippen LogP contribution in [-0.2, 0) is 6.42 Å². The summed E-state index contributed by atoms with van der Waals surface area (Å²) in [5.41, 5.74) is 2.39. The number of nitrogens with zero attached hydrogens (tertiary/aromatic N) is 4. The fraction of sp³-hybridized carbons (Fsp3) is 0.188. The third-order valence-corrected chi connectivity index (χ3v) is 3.43. The normalized spacial score (nSPS) is 12.2. The first kappa shape index (κ1) is 12.5. The molecule has 0 saturated carbocycles. The van der Waals surface area contributed by atoms with Crippen LogP contribution in [0.3, 0.4) is 0 Å². The van der Waals surface area contributed by atoms with E-state index in [0.29, 0.717) is 0 Å². The van der Waals surface area contributed by atoms with E-state index >= 15 is 0 Å². The largest absolute Gasteiger partial charge is 0.310 e. The molecule has 0 amide bonds. The van der Waals surface area contributed by atoms with E-state index in [1.165, 1.54) is 5.56 Å². The maximum atomic E-state index is 4.24. The number of rotatable bonds is 4. The summed E-state index contributed by atoms with van der Waals surface area (Å²) in [5.74, 6) is 0.953. The molecule has 0 aliphatic carbocycles. The highest BCUT2D eigenvalue weighted by molar-refractivity contribution is 5.21. The van der Waals surface area contributed by atoms with E-state index in [1.54, 1.807) is 12.5 Å². The Morgan fingerprint density at radius 1 is 1.10 bits per heavy atom. The first-order chi connectivity index (χ1) is 9.84. The van der Waals surface area contributed by atoms with Crippen LogP contribution in [0.2, 0.25) is 0 Å². The Bertz CT molecular complexity index is 661. The minimum Gasteiger partial charge on any atom is -0.310 e. The van der Waals surface area contributed by atoms with E-state index in [-0.39, 0.29) is 6.04 Å². The molecule has 2 heterocycles. The SMILES string of the molecule is C[C@H](c1ccccc1)n1cnnc1Cc1cccnc1. The fourth-order valence-corrected chi connectivity index (χ4v) is 2.29. The van der Waals surface area contributed by atoms with E-state index < -0.39 is 0 Å². The van der Waals surface area contributed by atoms with Crippen molar-refractivity contribution >= 4 is 0 Å². The van der Waals surface area contributed by atoms with Gasteiger partial charge in [-0.15, -0.1) is 10.2 Å². The lowest BCUT2D eigenvalue weighted by atomic mass is 10.1. The maximum Gasteiger partial charge on any atom is 0.137 e. The molecule has 0 aliphatic heterocycles. The Hall–Kier alpha value is -2.49. The van der Waals surface area contributed by atoms with Gasteiger partial charge in [0.15, 0.2) is 0 Å². The van der Waals surface area contributed by atoms with Gasteiger partial charge in [0.05, 0.1) is 6.04 Å². The van der Waals surface area contributed by atoms with Crippen LogP contribution < -0.4 is 0 Å². The topological polar surface area (TPSA) is 43.6 Å². The van der Waals surface area contributed by atoms with Gasteiger partial charge in [0.2, 0.25) is 0 Å². The van der Waals surface area contributed by atoms with Crippen molar-refractivity contribution in [1.82, 2.24) is 19.7 Å². The average molecular weight is 264 g/mol. The predicted molar refractivity (Wildman–Crippen MR) is 77.3 cm³/mol. The molecule has 100 valence electrons. The van der Waals surface area contributed by atoms with Gasteiger partial charge in [-0.25, -0.2) is 0 Å². The van der Waals surface area contributed by atoms with Gasteiger partial charge in [-0.05, 0) is 24.1 Å². The minimum absolute atomic E-state index is 0.220. The molecule has 4 heteroatoms. The van der Waals surface area contributed by atoms with Crippen LogP contribution in [0.15, 0.2) is 61.2 Å². The molecule has 0 unspecified atom stereocenters. The summed E-state index contributed by atoms with van der Waals surface area (Å²) in [6, 6.07) is 14.6. The monoisotopic (exact) mass is 264 g/mol. The van der Waals surface area contributed by atoms with E-state index in [4.69, 9.17) is 0 Å². The van der Waals surface area contributed by atoms with E-state index in [0.717, 1.165) is 17.8 Å². The number of hydrogen-bond acceptors (Lipinski definition) is 3. The smallest absolute Gasteiger partial charge is 0.137 e. The summed E-state index contributed by atoms with van der Waals surface area (Å²) in [6.07, 6.45) is 6.18. The van der Waals surface area contributed by atoms with Gasteiger partial charge in [0, 0.05) is 18.8 Å². The van der Waals surface area contributed by atoms with Gasteiger partial charge in [0.1, 0.15) is 12.2 Å². The number of hydrogen-bond donors (Lipinski definition) is 0. The van der Waals surface area contributed by atoms with Crippen LogP contribution in [0.25, 0.3) is 0 Å². The van der Waals surface area contributed by atoms with Crippen molar-refractivity contribution in [3.05, 3.63) is 78.1 Å². The molecule has 1 aromatic carbocycles. The van der Waals surface area contributed by atoms with E-state index in [9.17, 15) is 0 Å². The zero-order valence-corrected chi connectivity index (χ0v) is 11.3. The zero-order chi connectivity index (χ0) is 13.8. The Morgan fingerprint density at radius 2 is 1.95 bits per heavy atom. The third-order valence-electron chi connectivity index (χ3n) is 3.43. The lowest BCUT2D eigenvalue weighted by Crippen LogP contribution is -2.10. The summed E-state index contributed by atoms with van der Waals surface area (Å²) in [5, 5.41) is 8.30. The highest BCUT2D eigenvalue weighted by atomic mass is 15.3. The first-order valence-electron chi connectivity index (χ1n) is 6.67. The number of benzene rings is 1. The van der Waals surface area contributed by atoms with Gasteiger partial charge in [0.25, 0.3) is 0 Å². The third kappa shape index (κ3) is 2.59. The van der Waals surface area contributed by atoms with Crippen molar-refractivity contribution in [3.63, 3.8) is 0 Å². The first-order valence-corrected chi connectivity index (χ1v) is 6.67. The van der Waals surface area contributed by atoms with Gasteiger partial charge in [-0.1, -0.05) is 36.4 Å². The summed E-state index contributed by atoms with van der Waals surface area (Å²) in [6.45, 7) is 2.16. The molecule has 2 aromatic heterocycles. The number of aromatic nitrogens is 4. The van der Waals surface area contributed by atoms with Crippen LogP contribution in [0, 0.1) is 0 Å². The molecule has 0 radical (unpaired) electrons. The lowest BCUT2D eigenvalue weighted by molar-refractivity contribution is 0.608. The van der Waals surface area contributed by atoms with Crippen molar-refractivity contribution in [2.75, 3.05) is 0 Å². The molecule has 1 atom stereocenters. The van der Waals surface area contributed by atoms with Crippen molar-refractivity contribution in [2.45, 2.75) is 19.4 Å². The summed E-state index contributed by atoms with van der Waals surface area (Å²) < 4.78 is 2.11. The van der Waals surface area contributed by atoms with Gasteiger partial charge in [-0.3, -0.25) is 4.98 Å². The van der Waals surface area contributed by atoms with Crippen LogP contribution in [0.5, 0.6) is 0 Å². The molecule has 3 aromatic rings. The summed E-state index contributed by atoms with van der Waals surface area (Å²) in [4.78, 5) is 4.14. The Kier molecular flexibility index (Phi) is 3.54. The molecular formula is C16H16N4. The second-order valence-electron chi connectivity index (χ2n) is 4.78. The van der Waals surface area contributed by atoms with Crippen LogP contribution in [0.1, 0.15) is 29.9 Å². The highest BCUT2D eigenvalue weighted by Gasteiger charge is 2.13. The summed E-state index contributed by atoms with van der Waals surface area (Å²) >= 11 is 0. The molecule has 4 nitrogen and oxygen atoms in total. The average Bonchev–Trinajstić information content (AvgIpc) is 2.96. The van der Waals surface area contributed by atoms with Crippen LogP contribution in [-0.4, -0.2) is 19.7 Å². The molecule has 0 aliphatic rings. The molecule has 0 fully saturated rings. The van der Waals surface area contributed by atoms with Crippen molar-refractivity contribution in [2.24, 2.45) is 0 Å². The molecule has 0 spiro atoms. The molecule has 20 heavy (non-hydrogen) atoms. The Morgan fingerprint density at radius 3 is 2.70 bits per heavy atom. The second kappa shape index (κ2) is 5.65. The van der Waals surface area contributed by atoms with E-state index in [1.807, 2.05) is 18.3 Å². The van der Waals surface area contributed by atoms with Crippen LogP contribution >= 0.6 is 0 Å². The Balaban J connectivity index is 1.87. The van der Waals surface area contributed by atoms with E-state index in [2.05, 4.69) is 57.0 Å². The minimum atomic E-state index is 0.220. The van der Waals surface area contributed by atoms with Gasteiger partial charge >= 0.3 is 0 Å². The van der Waals surface area contributed by atoms with Crippen molar-refractivity contribution in [1.29, 1.82) is 0 Å². The van der Waals surface area contributed by atoms with Crippen molar-refractivity contribution in [3.8, 4) is 0 Å². The predicted octanol–water partition coefficient (Wildman–Crippen LogP) is 2.87. The molecule has 0 bridgehead atoms. The Labute approximate surface area is 118 Å². The second-order valence-corrected chi connectivity index (χ2v) is 4.78. The number of pyridine rings is 1. The zero-order valence-electron chi connectivity index (χ0n) is 11.3. The molecule has 0 N–H and O–H groups in total. The quantitative estimate of drug-likeness (QED) is 0.727. The molecule has 3 rings (SSSR count). The van der Waals surface area contributed by atoms with Crippen LogP contribution in [0.4, 0.5) is 0 Å².